The zero-order chi connectivity index (χ0) is 24.1. The zero-order valence-corrected chi connectivity index (χ0v) is 19.7. The molecular formula is C21H34N4O6S. The summed E-state index contributed by atoms with van der Waals surface area (Å²) in [6.45, 7) is 12.1. The molecule has 2 fully saturated rings. The standard InChI is InChI=1S/C21H34N4O6S/c1-6-16(13(2)3)18(20(27)24-32(29,30)15-9-10-15)23-19(26)17-8-7-11-25(17)14(4)12-22-21(28)31-5/h6,13,15-18H,1,4,7-12H2,2-3,5H3,(H,22,28)(H,23,26)(H,24,27)/t16?,17-,18+/m0/s1. The van der Waals surface area contributed by atoms with E-state index in [-0.39, 0.29) is 12.5 Å². The summed E-state index contributed by atoms with van der Waals surface area (Å²) in [7, 11) is -2.50. The monoisotopic (exact) mass is 470 g/mol. The molecule has 3 N–H and O–H groups in total. The highest BCUT2D eigenvalue weighted by Gasteiger charge is 2.41. The Morgan fingerprint density at radius 1 is 1.22 bits per heavy atom. The van der Waals surface area contributed by atoms with E-state index >= 15 is 0 Å². The Balaban J connectivity index is 2.13. The summed E-state index contributed by atoms with van der Waals surface area (Å²) in [6, 6.07) is -1.67. The van der Waals surface area contributed by atoms with Gasteiger partial charge in [0.2, 0.25) is 15.9 Å². The largest absolute Gasteiger partial charge is 0.453 e. The van der Waals surface area contributed by atoms with Crippen LogP contribution in [0.25, 0.3) is 0 Å². The number of hydrogen-bond acceptors (Lipinski definition) is 7. The molecule has 1 unspecified atom stereocenters. The molecule has 1 heterocycles. The van der Waals surface area contributed by atoms with Crippen molar-refractivity contribution >= 4 is 27.9 Å². The van der Waals surface area contributed by atoms with Crippen LogP contribution in [-0.4, -0.2) is 68.8 Å². The fourth-order valence-electron chi connectivity index (χ4n) is 3.81. The van der Waals surface area contributed by atoms with E-state index in [1.165, 1.54) is 7.11 Å². The summed E-state index contributed by atoms with van der Waals surface area (Å²) in [5, 5.41) is 4.73. The van der Waals surface area contributed by atoms with Gasteiger partial charge in [-0.25, -0.2) is 13.2 Å². The molecule has 3 amide bonds. The molecular weight excluding hydrogens is 436 g/mol. The molecule has 1 saturated carbocycles. The topological polar surface area (TPSA) is 134 Å². The second-order valence-electron chi connectivity index (χ2n) is 8.52. The van der Waals surface area contributed by atoms with Crippen LogP contribution in [0.2, 0.25) is 0 Å². The van der Waals surface area contributed by atoms with E-state index < -0.39 is 51.2 Å². The van der Waals surface area contributed by atoms with Gasteiger partial charge in [-0.3, -0.25) is 14.3 Å². The first-order valence-corrected chi connectivity index (χ1v) is 12.3. The molecule has 2 rings (SSSR count). The number of carbonyl (C=O) groups excluding carboxylic acids is 3. The summed E-state index contributed by atoms with van der Waals surface area (Å²) < 4.78 is 31.3. The molecule has 32 heavy (non-hydrogen) atoms. The highest BCUT2D eigenvalue weighted by Crippen LogP contribution is 2.28. The molecule has 11 heteroatoms. The van der Waals surface area contributed by atoms with Crippen molar-refractivity contribution in [2.24, 2.45) is 11.8 Å². The molecule has 0 aromatic rings. The van der Waals surface area contributed by atoms with Crippen LogP contribution in [0, 0.1) is 11.8 Å². The van der Waals surface area contributed by atoms with Crippen LogP contribution in [0.4, 0.5) is 4.79 Å². The fraction of sp³-hybridized carbons (Fsp3) is 0.667. The highest BCUT2D eigenvalue weighted by molar-refractivity contribution is 7.90. The summed E-state index contributed by atoms with van der Waals surface area (Å²) in [5.74, 6) is -1.70. The van der Waals surface area contributed by atoms with Crippen LogP contribution in [0.5, 0.6) is 0 Å². The van der Waals surface area contributed by atoms with Crippen LogP contribution < -0.4 is 15.4 Å². The van der Waals surface area contributed by atoms with E-state index in [0.717, 1.165) is 6.42 Å². The van der Waals surface area contributed by atoms with Gasteiger partial charge in [-0.15, -0.1) is 6.58 Å². The Labute approximate surface area is 189 Å². The second kappa shape index (κ2) is 10.8. The second-order valence-corrected chi connectivity index (χ2v) is 10.5. The minimum Gasteiger partial charge on any atom is -0.453 e. The van der Waals surface area contributed by atoms with Gasteiger partial charge in [-0.1, -0.05) is 26.5 Å². The van der Waals surface area contributed by atoms with Crippen molar-refractivity contribution in [1.29, 1.82) is 0 Å². The summed E-state index contributed by atoms with van der Waals surface area (Å²) in [6.07, 6.45) is 3.27. The van der Waals surface area contributed by atoms with Crippen LogP contribution in [-0.2, 0) is 24.3 Å². The molecule has 0 aromatic heterocycles. The number of carbonyl (C=O) groups is 3. The molecule has 0 radical (unpaired) electrons. The quantitative estimate of drug-likeness (QED) is 0.382. The Bertz CT molecular complexity index is 852. The zero-order valence-electron chi connectivity index (χ0n) is 18.9. The SMILES string of the molecule is C=CC(C(C)C)[C@@H](NC(=O)[C@@H]1CCCN1C(=C)CNC(=O)OC)C(=O)NS(=O)(=O)C1CC1. The van der Waals surface area contributed by atoms with Gasteiger partial charge in [0, 0.05) is 18.2 Å². The lowest BCUT2D eigenvalue weighted by molar-refractivity contribution is -0.131. The number of likely N-dealkylation sites (tertiary alicyclic amines) is 1. The molecule has 1 aliphatic heterocycles. The number of nitrogens with zero attached hydrogens (tertiary/aromatic N) is 1. The summed E-state index contributed by atoms with van der Waals surface area (Å²) in [4.78, 5) is 39.2. The first kappa shape index (κ1) is 25.7. The van der Waals surface area contributed by atoms with Crippen molar-refractivity contribution < 1.29 is 27.5 Å². The van der Waals surface area contributed by atoms with Crippen molar-refractivity contribution in [2.45, 2.75) is 56.9 Å². The predicted molar refractivity (Wildman–Crippen MR) is 120 cm³/mol. The van der Waals surface area contributed by atoms with Crippen LogP contribution in [0.15, 0.2) is 24.9 Å². The lowest BCUT2D eigenvalue weighted by Crippen LogP contribution is -2.56. The lowest BCUT2D eigenvalue weighted by Gasteiger charge is -2.32. The average Bonchev–Trinajstić information content (AvgIpc) is 3.48. The lowest BCUT2D eigenvalue weighted by atomic mass is 9.88. The van der Waals surface area contributed by atoms with Gasteiger partial charge in [0.15, 0.2) is 0 Å². The minimum atomic E-state index is -3.76. The maximum Gasteiger partial charge on any atom is 0.407 e. The first-order chi connectivity index (χ1) is 15.0. The predicted octanol–water partition coefficient (Wildman–Crippen LogP) is 0.872. The van der Waals surface area contributed by atoms with Gasteiger partial charge in [0.25, 0.3) is 5.91 Å². The van der Waals surface area contributed by atoms with Gasteiger partial charge in [-0.2, -0.15) is 0 Å². The molecule has 3 atom stereocenters. The van der Waals surface area contributed by atoms with Gasteiger partial charge in [-0.05, 0) is 31.6 Å². The molecule has 10 nitrogen and oxygen atoms in total. The van der Waals surface area contributed by atoms with Crippen LogP contribution in [0.3, 0.4) is 0 Å². The molecule has 2 aliphatic rings. The number of alkyl carbamates (subject to hydrolysis) is 1. The number of hydrogen-bond donors (Lipinski definition) is 3. The van der Waals surface area contributed by atoms with Gasteiger partial charge < -0.3 is 20.3 Å². The Morgan fingerprint density at radius 3 is 2.41 bits per heavy atom. The van der Waals surface area contributed by atoms with Gasteiger partial charge in [0.05, 0.1) is 18.9 Å². The number of nitrogens with one attached hydrogen (secondary N) is 3. The third kappa shape index (κ3) is 6.47. The maximum absolute atomic E-state index is 13.2. The smallest absolute Gasteiger partial charge is 0.407 e. The number of rotatable bonds is 11. The van der Waals surface area contributed by atoms with Crippen molar-refractivity contribution in [3.8, 4) is 0 Å². The van der Waals surface area contributed by atoms with E-state index in [0.29, 0.717) is 31.5 Å². The molecule has 1 aliphatic carbocycles. The van der Waals surface area contributed by atoms with E-state index in [2.05, 4.69) is 33.3 Å². The van der Waals surface area contributed by atoms with E-state index in [9.17, 15) is 22.8 Å². The van der Waals surface area contributed by atoms with Gasteiger partial charge >= 0.3 is 6.09 Å². The minimum absolute atomic E-state index is 0.0638. The molecule has 0 aromatic carbocycles. The van der Waals surface area contributed by atoms with Gasteiger partial charge in [0.1, 0.15) is 12.1 Å². The third-order valence-electron chi connectivity index (χ3n) is 5.80. The maximum atomic E-state index is 13.2. The normalized spacial score (nSPS) is 20.2. The summed E-state index contributed by atoms with van der Waals surface area (Å²) in [5.41, 5.74) is 0.537. The average molecular weight is 471 g/mol. The Kier molecular flexibility index (Phi) is 8.71. The number of ether oxygens (including phenoxy) is 1. The summed E-state index contributed by atoms with van der Waals surface area (Å²) >= 11 is 0. The van der Waals surface area contributed by atoms with Crippen molar-refractivity contribution in [3.63, 3.8) is 0 Å². The van der Waals surface area contributed by atoms with Crippen molar-refractivity contribution in [2.75, 3.05) is 20.2 Å². The Hall–Kier alpha value is -2.56. The van der Waals surface area contributed by atoms with Crippen LogP contribution in [0.1, 0.15) is 39.5 Å². The molecule has 180 valence electrons. The molecule has 0 spiro atoms. The number of amides is 3. The molecule has 0 bridgehead atoms. The van der Waals surface area contributed by atoms with Crippen molar-refractivity contribution in [3.05, 3.63) is 24.9 Å². The number of sulfonamides is 1. The van der Waals surface area contributed by atoms with E-state index in [1.54, 1.807) is 11.0 Å². The first-order valence-electron chi connectivity index (χ1n) is 10.8. The van der Waals surface area contributed by atoms with Crippen LogP contribution >= 0.6 is 0 Å². The van der Waals surface area contributed by atoms with Crippen molar-refractivity contribution in [1.82, 2.24) is 20.3 Å². The number of methoxy groups -OCH3 is 1. The highest BCUT2D eigenvalue weighted by atomic mass is 32.2. The fourth-order valence-corrected chi connectivity index (χ4v) is 5.14. The van der Waals surface area contributed by atoms with E-state index in [4.69, 9.17) is 0 Å². The van der Waals surface area contributed by atoms with E-state index in [1.807, 2.05) is 13.8 Å². The Morgan fingerprint density at radius 2 is 1.88 bits per heavy atom. The third-order valence-corrected chi connectivity index (χ3v) is 7.63. The molecule has 1 saturated heterocycles.